The van der Waals surface area contributed by atoms with Gasteiger partial charge in [-0.15, -0.1) is 11.8 Å². The smallest absolute Gasteiger partial charge is 0.232 e. The van der Waals surface area contributed by atoms with Crippen molar-refractivity contribution in [3.63, 3.8) is 0 Å². The Morgan fingerprint density at radius 3 is 2.11 bits per heavy atom. The summed E-state index contributed by atoms with van der Waals surface area (Å²) in [7, 11) is 0. The minimum Gasteiger partial charge on any atom is -0.343 e. The lowest BCUT2D eigenvalue weighted by Gasteiger charge is -2.18. The van der Waals surface area contributed by atoms with E-state index in [9.17, 15) is 9.59 Å². The summed E-state index contributed by atoms with van der Waals surface area (Å²) in [5, 5.41) is 0. The number of ketones is 1. The summed E-state index contributed by atoms with van der Waals surface area (Å²) in [6, 6.07) is 7.47. The van der Waals surface area contributed by atoms with Crippen molar-refractivity contribution in [3.05, 3.63) is 29.8 Å². The summed E-state index contributed by atoms with van der Waals surface area (Å²) < 4.78 is 0. The molecule has 0 atom stereocenters. The van der Waals surface area contributed by atoms with E-state index in [1.54, 1.807) is 0 Å². The summed E-state index contributed by atoms with van der Waals surface area (Å²) in [6.45, 7) is 7.32. The van der Waals surface area contributed by atoms with Gasteiger partial charge in [-0.2, -0.15) is 0 Å². The van der Waals surface area contributed by atoms with Gasteiger partial charge >= 0.3 is 0 Å². The van der Waals surface area contributed by atoms with Gasteiger partial charge < -0.3 is 4.90 Å². The molecular weight excluding hydrogens is 258 g/mol. The molecule has 3 nitrogen and oxygen atoms in total. The van der Waals surface area contributed by atoms with Crippen molar-refractivity contribution >= 4 is 23.5 Å². The monoisotopic (exact) mass is 279 g/mol. The van der Waals surface area contributed by atoms with Gasteiger partial charge in [0.15, 0.2) is 5.78 Å². The lowest BCUT2D eigenvalue weighted by Crippen LogP contribution is -2.31. The third-order valence-electron chi connectivity index (χ3n) is 2.98. The predicted molar refractivity (Wildman–Crippen MR) is 79.7 cm³/mol. The van der Waals surface area contributed by atoms with E-state index < -0.39 is 0 Å². The molecule has 0 radical (unpaired) electrons. The third kappa shape index (κ3) is 4.71. The van der Waals surface area contributed by atoms with Crippen molar-refractivity contribution in [3.8, 4) is 0 Å². The van der Waals surface area contributed by atoms with Crippen LogP contribution in [0.15, 0.2) is 29.2 Å². The number of hydrogen-bond acceptors (Lipinski definition) is 3. The highest BCUT2D eigenvalue weighted by Gasteiger charge is 2.10. The Morgan fingerprint density at radius 1 is 1.05 bits per heavy atom. The maximum atomic E-state index is 11.9. The van der Waals surface area contributed by atoms with Crippen LogP contribution >= 0.6 is 11.8 Å². The standard InChI is InChI=1S/C15H21NO2S/c1-4-14(17)12-7-9-13(10-8-12)19-11-15(18)16(5-2)6-3/h7-10H,4-6,11H2,1-3H3. The lowest BCUT2D eigenvalue weighted by molar-refractivity contribution is -0.127. The van der Waals surface area contributed by atoms with E-state index in [1.807, 2.05) is 49.9 Å². The van der Waals surface area contributed by atoms with Crippen molar-refractivity contribution in [2.24, 2.45) is 0 Å². The molecule has 0 unspecified atom stereocenters. The quantitative estimate of drug-likeness (QED) is 0.568. The van der Waals surface area contributed by atoms with Gasteiger partial charge in [0.2, 0.25) is 5.91 Å². The molecule has 0 heterocycles. The molecule has 0 aliphatic heterocycles. The first kappa shape index (κ1) is 15.8. The molecule has 0 aliphatic carbocycles. The van der Waals surface area contributed by atoms with E-state index in [-0.39, 0.29) is 11.7 Å². The summed E-state index contributed by atoms with van der Waals surface area (Å²) >= 11 is 1.51. The van der Waals surface area contributed by atoms with Crippen molar-refractivity contribution in [1.29, 1.82) is 0 Å². The van der Waals surface area contributed by atoms with Crippen molar-refractivity contribution in [1.82, 2.24) is 4.90 Å². The van der Waals surface area contributed by atoms with Crippen LogP contribution in [0.25, 0.3) is 0 Å². The topological polar surface area (TPSA) is 37.4 Å². The fourth-order valence-electron chi connectivity index (χ4n) is 1.75. The Kier molecular flexibility index (Phi) is 6.64. The van der Waals surface area contributed by atoms with Crippen LogP contribution in [0.5, 0.6) is 0 Å². The van der Waals surface area contributed by atoms with Gasteiger partial charge in [-0.25, -0.2) is 0 Å². The Hall–Kier alpha value is -1.29. The van der Waals surface area contributed by atoms with Gasteiger partial charge in [0.25, 0.3) is 0 Å². The van der Waals surface area contributed by atoms with Gasteiger partial charge in [-0.3, -0.25) is 9.59 Å². The Balaban J connectivity index is 2.54. The fourth-order valence-corrected chi connectivity index (χ4v) is 2.56. The van der Waals surface area contributed by atoms with Crippen LogP contribution in [0.2, 0.25) is 0 Å². The van der Waals surface area contributed by atoms with Gasteiger partial charge in [0.05, 0.1) is 5.75 Å². The highest BCUT2D eigenvalue weighted by molar-refractivity contribution is 8.00. The van der Waals surface area contributed by atoms with Crippen LogP contribution in [-0.2, 0) is 4.79 Å². The summed E-state index contributed by atoms with van der Waals surface area (Å²) in [5.41, 5.74) is 0.738. The minimum absolute atomic E-state index is 0.149. The summed E-state index contributed by atoms with van der Waals surface area (Å²) in [6.07, 6.45) is 0.521. The highest BCUT2D eigenvalue weighted by atomic mass is 32.2. The molecule has 0 aromatic heterocycles. The highest BCUT2D eigenvalue weighted by Crippen LogP contribution is 2.19. The van der Waals surface area contributed by atoms with Gasteiger partial charge in [-0.05, 0) is 26.0 Å². The Morgan fingerprint density at radius 2 is 1.63 bits per heavy atom. The zero-order valence-corrected chi connectivity index (χ0v) is 12.6. The molecule has 0 spiro atoms. The van der Waals surface area contributed by atoms with Crippen LogP contribution < -0.4 is 0 Å². The van der Waals surface area contributed by atoms with Crippen LogP contribution in [-0.4, -0.2) is 35.4 Å². The second-order valence-electron chi connectivity index (χ2n) is 4.16. The van der Waals surface area contributed by atoms with E-state index in [0.29, 0.717) is 12.2 Å². The number of nitrogens with zero attached hydrogens (tertiary/aromatic N) is 1. The molecule has 0 aliphatic rings. The molecule has 1 aromatic carbocycles. The lowest BCUT2D eigenvalue weighted by atomic mass is 10.1. The zero-order valence-electron chi connectivity index (χ0n) is 11.8. The second kappa shape index (κ2) is 8.00. The average molecular weight is 279 g/mol. The molecule has 0 bridgehead atoms. The van der Waals surface area contributed by atoms with E-state index in [1.165, 1.54) is 11.8 Å². The summed E-state index contributed by atoms with van der Waals surface area (Å²) in [5.74, 6) is 0.752. The maximum Gasteiger partial charge on any atom is 0.232 e. The number of amides is 1. The van der Waals surface area contributed by atoms with Gasteiger partial charge in [0.1, 0.15) is 0 Å². The van der Waals surface area contributed by atoms with E-state index in [4.69, 9.17) is 0 Å². The second-order valence-corrected chi connectivity index (χ2v) is 5.20. The van der Waals surface area contributed by atoms with Crippen molar-refractivity contribution < 1.29 is 9.59 Å². The SMILES string of the molecule is CCC(=O)c1ccc(SCC(=O)N(CC)CC)cc1. The number of hydrogen-bond donors (Lipinski definition) is 0. The molecule has 0 saturated heterocycles. The first-order valence-electron chi connectivity index (χ1n) is 6.66. The molecular formula is C15H21NO2S. The first-order valence-corrected chi connectivity index (χ1v) is 7.64. The third-order valence-corrected chi connectivity index (χ3v) is 3.97. The van der Waals surface area contributed by atoms with Crippen molar-refractivity contribution in [2.75, 3.05) is 18.8 Å². The van der Waals surface area contributed by atoms with Crippen LogP contribution in [0, 0.1) is 0 Å². The normalized spacial score (nSPS) is 10.3. The van der Waals surface area contributed by atoms with Gasteiger partial charge in [-0.1, -0.05) is 19.1 Å². The van der Waals surface area contributed by atoms with E-state index in [0.717, 1.165) is 23.5 Å². The summed E-state index contributed by atoms with van der Waals surface area (Å²) in [4.78, 5) is 26.2. The predicted octanol–water partition coefficient (Wildman–Crippen LogP) is 3.24. The molecule has 0 fully saturated rings. The first-order chi connectivity index (χ1) is 9.12. The molecule has 19 heavy (non-hydrogen) atoms. The number of benzene rings is 1. The number of Topliss-reactive ketones (excluding diaryl/α,β-unsaturated/α-hetero) is 1. The van der Waals surface area contributed by atoms with Crippen molar-refractivity contribution in [2.45, 2.75) is 32.1 Å². The molecule has 1 rings (SSSR count). The average Bonchev–Trinajstić information content (AvgIpc) is 2.46. The van der Waals surface area contributed by atoms with E-state index >= 15 is 0 Å². The number of carbonyl (C=O) groups excluding carboxylic acids is 2. The molecule has 104 valence electrons. The minimum atomic E-state index is 0.149. The van der Waals surface area contributed by atoms with Gasteiger partial charge in [0, 0.05) is 30.0 Å². The largest absolute Gasteiger partial charge is 0.343 e. The maximum absolute atomic E-state index is 11.9. The van der Waals surface area contributed by atoms with Crippen LogP contribution in [0.3, 0.4) is 0 Å². The number of carbonyl (C=O) groups is 2. The Bertz CT molecular complexity index is 424. The Labute approximate surface area is 119 Å². The molecule has 0 saturated carbocycles. The van der Waals surface area contributed by atoms with E-state index in [2.05, 4.69) is 0 Å². The number of rotatable bonds is 7. The molecule has 1 amide bonds. The number of thioether (sulfide) groups is 1. The van der Waals surface area contributed by atoms with Crippen LogP contribution in [0.4, 0.5) is 0 Å². The molecule has 0 N–H and O–H groups in total. The molecule has 4 heteroatoms. The fraction of sp³-hybridized carbons (Fsp3) is 0.467. The van der Waals surface area contributed by atoms with Crippen LogP contribution in [0.1, 0.15) is 37.6 Å². The molecule has 1 aromatic rings. The zero-order chi connectivity index (χ0) is 14.3.